The molecular formula is C5H7N3OSe. The SMILES string of the molecule is C/C=N/N=C1/NC(=O)C[Se]1. The average Bonchev–Trinajstić information content (AvgIpc) is 2.31. The number of hydrogen-bond donors (Lipinski definition) is 1. The van der Waals surface area contributed by atoms with E-state index in [0.717, 1.165) is 4.73 Å². The quantitative estimate of drug-likeness (QED) is 0.352. The van der Waals surface area contributed by atoms with Gasteiger partial charge in [-0.3, -0.25) is 0 Å². The van der Waals surface area contributed by atoms with Gasteiger partial charge in [0.15, 0.2) is 0 Å². The number of rotatable bonds is 1. The second-order valence-corrected chi connectivity index (χ2v) is 3.64. The van der Waals surface area contributed by atoms with E-state index in [1.165, 1.54) is 0 Å². The standard InChI is InChI=1S/C5H7N3OSe/c1-2-6-8-5-7-4(9)3-10-5/h2H,3H2,1H3,(H,7,8,9)/b6-2+. The van der Waals surface area contributed by atoms with Crippen molar-refractivity contribution < 1.29 is 4.79 Å². The van der Waals surface area contributed by atoms with E-state index < -0.39 is 0 Å². The van der Waals surface area contributed by atoms with Crippen LogP contribution in [0.25, 0.3) is 0 Å². The van der Waals surface area contributed by atoms with Gasteiger partial charge in [0.1, 0.15) is 0 Å². The van der Waals surface area contributed by atoms with Crippen molar-refractivity contribution in [2.24, 2.45) is 10.2 Å². The first kappa shape index (κ1) is 7.44. The Labute approximate surface area is 64.9 Å². The Morgan fingerprint density at radius 1 is 1.80 bits per heavy atom. The number of nitrogens with one attached hydrogen (secondary N) is 1. The van der Waals surface area contributed by atoms with Crippen LogP contribution in [0.1, 0.15) is 6.92 Å². The molecule has 10 heavy (non-hydrogen) atoms. The third kappa shape index (κ3) is 1.93. The number of amides is 1. The van der Waals surface area contributed by atoms with Crippen molar-refractivity contribution in [1.29, 1.82) is 0 Å². The van der Waals surface area contributed by atoms with E-state index in [0.29, 0.717) is 5.32 Å². The molecule has 1 aliphatic heterocycles. The molecule has 0 aromatic carbocycles. The van der Waals surface area contributed by atoms with Gasteiger partial charge < -0.3 is 0 Å². The molecule has 1 fully saturated rings. The maximum absolute atomic E-state index is 10.6. The van der Waals surface area contributed by atoms with Crippen molar-refractivity contribution in [2.75, 3.05) is 0 Å². The van der Waals surface area contributed by atoms with E-state index in [9.17, 15) is 4.79 Å². The first-order valence-corrected chi connectivity index (χ1v) is 4.88. The van der Waals surface area contributed by atoms with Crippen molar-refractivity contribution in [1.82, 2.24) is 5.32 Å². The predicted molar refractivity (Wildman–Crippen MR) is 40.3 cm³/mol. The van der Waals surface area contributed by atoms with Crippen LogP contribution in [0.4, 0.5) is 0 Å². The van der Waals surface area contributed by atoms with Crippen LogP contribution in [0, 0.1) is 0 Å². The van der Waals surface area contributed by atoms with E-state index in [1.807, 2.05) is 0 Å². The van der Waals surface area contributed by atoms with Crippen LogP contribution in [0.15, 0.2) is 10.2 Å². The van der Waals surface area contributed by atoms with Gasteiger partial charge in [0, 0.05) is 0 Å². The molecule has 0 unspecified atom stereocenters. The van der Waals surface area contributed by atoms with Gasteiger partial charge in [-0.05, 0) is 0 Å². The summed E-state index contributed by atoms with van der Waals surface area (Å²) in [6.07, 6.45) is 1.59. The Kier molecular flexibility index (Phi) is 2.59. The molecule has 1 rings (SSSR count). The molecule has 1 aliphatic rings. The van der Waals surface area contributed by atoms with Gasteiger partial charge in [-0.2, -0.15) is 0 Å². The van der Waals surface area contributed by atoms with Crippen molar-refractivity contribution in [3.63, 3.8) is 0 Å². The van der Waals surface area contributed by atoms with Crippen LogP contribution in [-0.4, -0.2) is 31.8 Å². The molecule has 0 bridgehead atoms. The molecule has 1 heterocycles. The fourth-order valence-corrected chi connectivity index (χ4v) is 1.81. The molecule has 0 radical (unpaired) electrons. The van der Waals surface area contributed by atoms with Crippen LogP contribution < -0.4 is 5.32 Å². The second kappa shape index (κ2) is 3.49. The molecule has 54 valence electrons. The summed E-state index contributed by atoms with van der Waals surface area (Å²) in [7, 11) is 0. The molecule has 0 atom stereocenters. The zero-order valence-electron chi connectivity index (χ0n) is 5.50. The Balaban J connectivity index is 2.51. The summed E-state index contributed by atoms with van der Waals surface area (Å²) in [4.78, 5) is 10.6. The fraction of sp³-hybridized carbons (Fsp3) is 0.400. The molecule has 1 saturated heterocycles. The zero-order chi connectivity index (χ0) is 7.40. The van der Waals surface area contributed by atoms with Crippen molar-refractivity contribution in [3.8, 4) is 0 Å². The van der Waals surface area contributed by atoms with Crippen molar-refractivity contribution >= 4 is 31.8 Å². The Bertz CT molecular complexity index is 199. The third-order valence-electron chi connectivity index (χ3n) is 0.850. The molecule has 1 amide bonds. The minimum atomic E-state index is 0.0602. The van der Waals surface area contributed by atoms with E-state index in [1.54, 1.807) is 13.1 Å². The summed E-state index contributed by atoms with van der Waals surface area (Å²) in [6, 6.07) is 0. The van der Waals surface area contributed by atoms with Crippen LogP contribution in [0.5, 0.6) is 0 Å². The van der Waals surface area contributed by atoms with Gasteiger partial charge in [0.05, 0.1) is 0 Å². The summed E-state index contributed by atoms with van der Waals surface area (Å²) < 4.78 is 0.732. The van der Waals surface area contributed by atoms with Gasteiger partial charge in [-0.1, -0.05) is 0 Å². The number of carbonyl (C=O) groups is 1. The fourth-order valence-electron chi connectivity index (χ4n) is 0.489. The zero-order valence-corrected chi connectivity index (χ0v) is 7.21. The first-order valence-electron chi connectivity index (χ1n) is 2.81. The molecule has 0 aliphatic carbocycles. The molecule has 0 saturated carbocycles. The molecule has 0 aromatic rings. The third-order valence-corrected chi connectivity index (χ3v) is 2.66. The van der Waals surface area contributed by atoms with Gasteiger partial charge >= 0.3 is 64.4 Å². The van der Waals surface area contributed by atoms with Gasteiger partial charge in [-0.25, -0.2) is 0 Å². The Morgan fingerprint density at radius 3 is 3.10 bits per heavy atom. The monoisotopic (exact) mass is 205 g/mol. The predicted octanol–water partition coefficient (Wildman–Crippen LogP) is -0.400. The molecule has 0 aromatic heterocycles. The summed E-state index contributed by atoms with van der Waals surface area (Å²) in [5.41, 5.74) is 0. The van der Waals surface area contributed by atoms with Gasteiger partial charge in [-0.15, -0.1) is 0 Å². The number of nitrogens with zero attached hydrogens (tertiary/aromatic N) is 2. The topological polar surface area (TPSA) is 53.8 Å². The van der Waals surface area contributed by atoms with Crippen LogP contribution in [0.2, 0.25) is 5.32 Å². The van der Waals surface area contributed by atoms with E-state index in [-0.39, 0.29) is 20.9 Å². The van der Waals surface area contributed by atoms with Gasteiger partial charge in [0.25, 0.3) is 0 Å². The Morgan fingerprint density at radius 2 is 2.60 bits per heavy atom. The number of hydrogen-bond acceptors (Lipinski definition) is 3. The molecule has 1 N–H and O–H groups in total. The number of carbonyl (C=O) groups excluding carboxylic acids is 1. The van der Waals surface area contributed by atoms with E-state index in [2.05, 4.69) is 15.5 Å². The summed E-state index contributed by atoms with van der Waals surface area (Å²) in [5, 5.41) is 10.6. The minimum absolute atomic E-state index is 0.0602. The number of amidine groups is 1. The van der Waals surface area contributed by atoms with E-state index in [4.69, 9.17) is 0 Å². The summed E-state index contributed by atoms with van der Waals surface area (Å²) >= 11 is 0.184. The first-order chi connectivity index (χ1) is 4.83. The molecule has 4 nitrogen and oxygen atoms in total. The average molecular weight is 204 g/mol. The van der Waals surface area contributed by atoms with Crippen molar-refractivity contribution in [2.45, 2.75) is 12.2 Å². The molecule has 5 heteroatoms. The molecular weight excluding hydrogens is 197 g/mol. The van der Waals surface area contributed by atoms with Gasteiger partial charge in [0.2, 0.25) is 0 Å². The normalized spacial score (nSPS) is 22.5. The van der Waals surface area contributed by atoms with Crippen LogP contribution >= 0.6 is 0 Å². The maximum atomic E-state index is 10.6. The second-order valence-electron chi connectivity index (χ2n) is 1.62. The summed E-state index contributed by atoms with van der Waals surface area (Å²) in [6.45, 7) is 1.79. The summed E-state index contributed by atoms with van der Waals surface area (Å²) in [5.74, 6) is 0.0602. The van der Waals surface area contributed by atoms with E-state index >= 15 is 0 Å². The van der Waals surface area contributed by atoms with Crippen LogP contribution in [0.3, 0.4) is 0 Å². The van der Waals surface area contributed by atoms with Crippen molar-refractivity contribution in [3.05, 3.63) is 0 Å². The molecule has 0 spiro atoms. The van der Waals surface area contributed by atoms with Crippen LogP contribution in [-0.2, 0) is 4.79 Å². The Hall–Kier alpha value is -0.671.